The molecule has 1 aromatic carbocycles. The number of nitrogens with zero attached hydrogens (tertiary/aromatic N) is 2. The fraction of sp³-hybridized carbons (Fsp3) is 0.308. The van der Waals surface area contributed by atoms with Crippen LogP contribution in [0.15, 0.2) is 41.7 Å². The lowest BCUT2D eigenvalue weighted by molar-refractivity contribution is 0.597. The summed E-state index contributed by atoms with van der Waals surface area (Å²) in [5.41, 5.74) is 1.95. The van der Waals surface area contributed by atoms with E-state index in [1.165, 1.54) is 0 Å². The van der Waals surface area contributed by atoms with Gasteiger partial charge in [-0.25, -0.2) is 13.4 Å². The second kappa shape index (κ2) is 5.44. The largest absolute Gasteiger partial charge is 0.379 e. The Labute approximate surface area is 113 Å². The van der Waals surface area contributed by atoms with Crippen molar-refractivity contribution in [2.45, 2.75) is 18.4 Å². The number of rotatable bonds is 5. The maximum Gasteiger partial charge on any atom is 0.178 e. The van der Waals surface area contributed by atoms with Crippen LogP contribution in [0.1, 0.15) is 12.6 Å². The van der Waals surface area contributed by atoms with E-state index in [0.717, 1.165) is 11.4 Å². The highest BCUT2D eigenvalue weighted by molar-refractivity contribution is 7.91. The standard InChI is InChI=1S/C13H17N3O2S/c1-3-19(17,18)13-6-4-11(5-7-13)15-9-12-8-14-10-16(12)2/h4-8,10,15H,3,9H2,1-2H3. The molecular weight excluding hydrogens is 262 g/mol. The summed E-state index contributed by atoms with van der Waals surface area (Å²) < 4.78 is 25.3. The van der Waals surface area contributed by atoms with Crippen molar-refractivity contribution in [3.63, 3.8) is 0 Å². The molecule has 2 rings (SSSR count). The van der Waals surface area contributed by atoms with Gasteiger partial charge in [0.2, 0.25) is 0 Å². The van der Waals surface area contributed by atoms with E-state index in [4.69, 9.17) is 0 Å². The Hall–Kier alpha value is -1.82. The van der Waals surface area contributed by atoms with Gasteiger partial charge in [-0.3, -0.25) is 0 Å². The van der Waals surface area contributed by atoms with Crippen LogP contribution in [0.2, 0.25) is 0 Å². The minimum atomic E-state index is -3.12. The van der Waals surface area contributed by atoms with E-state index in [1.807, 2.05) is 11.6 Å². The van der Waals surface area contributed by atoms with Crippen LogP contribution in [0.3, 0.4) is 0 Å². The van der Waals surface area contributed by atoms with E-state index in [2.05, 4.69) is 10.3 Å². The molecule has 0 fully saturated rings. The summed E-state index contributed by atoms with van der Waals surface area (Å²) in [5, 5.41) is 3.23. The Morgan fingerprint density at radius 1 is 1.26 bits per heavy atom. The molecule has 0 spiro atoms. The minimum absolute atomic E-state index is 0.120. The Bertz CT molecular complexity index is 645. The number of hydrogen-bond acceptors (Lipinski definition) is 4. The van der Waals surface area contributed by atoms with Crippen LogP contribution in [0.5, 0.6) is 0 Å². The van der Waals surface area contributed by atoms with Gasteiger partial charge in [-0.1, -0.05) is 6.92 Å². The number of nitrogens with one attached hydrogen (secondary N) is 1. The highest BCUT2D eigenvalue weighted by Crippen LogP contribution is 2.15. The predicted molar refractivity (Wildman–Crippen MR) is 74.7 cm³/mol. The first-order valence-electron chi connectivity index (χ1n) is 6.05. The van der Waals surface area contributed by atoms with Crippen LogP contribution >= 0.6 is 0 Å². The van der Waals surface area contributed by atoms with Gasteiger partial charge >= 0.3 is 0 Å². The lowest BCUT2D eigenvalue weighted by Crippen LogP contribution is -2.05. The van der Waals surface area contributed by atoms with Crippen molar-refractivity contribution in [1.82, 2.24) is 9.55 Å². The molecule has 5 nitrogen and oxygen atoms in total. The number of aromatic nitrogens is 2. The molecule has 1 heterocycles. The second-order valence-electron chi connectivity index (χ2n) is 4.28. The monoisotopic (exact) mass is 279 g/mol. The first-order chi connectivity index (χ1) is 9.03. The average molecular weight is 279 g/mol. The van der Waals surface area contributed by atoms with Crippen molar-refractivity contribution in [1.29, 1.82) is 0 Å². The van der Waals surface area contributed by atoms with Crippen LogP contribution in [0, 0.1) is 0 Å². The maximum absolute atomic E-state index is 11.7. The van der Waals surface area contributed by atoms with Crippen molar-refractivity contribution in [3.05, 3.63) is 42.5 Å². The summed E-state index contributed by atoms with van der Waals surface area (Å²) in [4.78, 5) is 4.40. The van der Waals surface area contributed by atoms with Crippen LogP contribution in [0.25, 0.3) is 0 Å². The maximum atomic E-state index is 11.7. The Morgan fingerprint density at radius 2 is 1.95 bits per heavy atom. The van der Waals surface area contributed by atoms with E-state index in [1.54, 1.807) is 43.7 Å². The molecule has 0 saturated heterocycles. The van der Waals surface area contributed by atoms with E-state index >= 15 is 0 Å². The summed E-state index contributed by atoms with van der Waals surface area (Å²) >= 11 is 0. The van der Waals surface area contributed by atoms with Crippen LogP contribution < -0.4 is 5.32 Å². The Balaban J connectivity index is 2.06. The molecule has 19 heavy (non-hydrogen) atoms. The number of anilines is 1. The van der Waals surface area contributed by atoms with Crippen LogP contribution in [-0.2, 0) is 23.4 Å². The summed E-state index contributed by atoms with van der Waals surface area (Å²) in [6.07, 6.45) is 3.54. The molecule has 0 aliphatic heterocycles. The average Bonchev–Trinajstić information content (AvgIpc) is 2.82. The van der Waals surface area contributed by atoms with Crippen molar-refractivity contribution >= 4 is 15.5 Å². The predicted octanol–water partition coefficient (Wildman–Crippen LogP) is 1.83. The number of sulfone groups is 1. The molecule has 0 aliphatic rings. The molecule has 0 radical (unpaired) electrons. The first kappa shape index (κ1) is 13.6. The molecule has 2 aromatic rings. The molecule has 0 bridgehead atoms. The van der Waals surface area contributed by atoms with Gasteiger partial charge in [0, 0.05) is 18.9 Å². The van der Waals surface area contributed by atoms with E-state index in [0.29, 0.717) is 11.4 Å². The molecule has 1 aromatic heterocycles. The minimum Gasteiger partial charge on any atom is -0.379 e. The number of benzene rings is 1. The SMILES string of the molecule is CCS(=O)(=O)c1ccc(NCc2cncn2C)cc1. The Morgan fingerprint density at radius 3 is 2.47 bits per heavy atom. The highest BCUT2D eigenvalue weighted by Gasteiger charge is 2.10. The zero-order valence-electron chi connectivity index (χ0n) is 11.0. The van der Waals surface area contributed by atoms with Gasteiger partial charge in [0.05, 0.1) is 29.2 Å². The lowest BCUT2D eigenvalue weighted by atomic mass is 10.3. The van der Waals surface area contributed by atoms with Crippen molar-refractivity contribution in [3.8, 4) is 0 Å². The zero-order chi connectivity index (χ0) is 13.9. The zero-order valence-corrected chi connectivity index (χ0v) is 11.8. The normalized spacial score (nSPS) is 11.5. The molecule has 0 aliphatic carbocycles. The third-order valence-electron chi connectivity index (χ3n) is 2.98. The molecular formula is C13H17N3O2S. The summed E-state index contributed by atoms with van der Waals surface area (Å²) in [5.74, 6) is 0.120. The van der Waals surface area contributed by atoms with Crippen LogP contribution in [-0.4, -0.2) is 23.7 Å². The van der Waals surface area contributed by atoms with Crippen molar-refractivity contribution in [2.24, 2.45) is 7.05 Å². The molecule has 0 saturated carbocycles. The van der Waals surface area contributed by atoms with Gasteiger partial charge in [-0.05, 0) is 24.3 Å². The molecule has 0 amide bonds. The number of hydrogen-bond donors (Lipinski definition) is 1. The van der Waals surface area contributed by atoms with Gasteiger partial charge in [0.15, 0.2) is 9.84 Å². The summed E-state index contributed by atoms with van der Waals surface area (Å²) in [7, 11) is -1.19. The van der Waals surface area contributed by atoms with E-state index in [-0.39, 0.29) is 5.75 Å². The van der Waals surface area contributed by atoms with Gasteiger partial charge in [-0.15, -0.1) is 0 Å². The first-order valence-corrected chi connectivity index (χ1v) is 7.70. The van der Waals surface area contributed by atoms with Gasteiger partial charge < -0.3 is 9.88 Å². The topological polar surface area (TPSA) is 64.0 Å². The Kier molecular flexibility index (Phi) is 3.90. The summed E-state index contributed by atoms with van der Waals surface area (Å²) in [6, 6.07) is 6.81. The third kappa shape index (κ3) is 3.14. The molecule has 1 N–H and O–H groups in total. The van der Waals surface area contributed by atoms with Crippen molar-refractivity contribution < 1.29 is 8.42 Å². The van der Waals surface area contributed by atoms with Gasteiger partial charge in [0.1, 0.15) is 0 Å². The van der Waals surface area contributed by atoms with Crippen molar-refractivity contribution in [2.75, 3.05) is 11.1 Å². The third-order valence-corrected chi connectivity index (χ3v) is 4.73. The summed E-state index contributed by atoms with van der Waals surface area (Å²) in [6.45, 7) is 2.29. The van der Waals surface area contributed by atoms with E-state index in [9.17, 15) is 8.42 Å². The number of aryl methyl sites for hydroxylation is 1. The van der Waals surface area contributed by atoms with Gasteiger partial charge in [-0.2, -0.15) is 0 Å². The number of imidazole rings is 1. The van der Waals surface area contributed by atoms with Gasteiger partial charge in [0.25, 0.3) is 0 Å². The molecule has 6 heteroatoms. The van der Waals surface area contributed by atoms with Crippen LogP contribution in [0.4, 0.5) is 5.69 Å². The quantitative estimate of drug-likeness (QED) is 0.907. The fourth-order valence-electron chi connectivity index (χ4n) is 1.69. The second-order valence-corrected chi connectivity index (χ2v) is 6.56. The molecule has 0 unspecified atom stereocenters. The van der Waals surface area contributed by atoms with E-state index < -0.39 is 9.84 Å². The highest BCUT2D eigenvalue weighted by atomic mass is 32.2. The fourth-order valence-corrected chi connectivity index (χ4v) is 2.58. The molecule has 102 valence electrons. The smallest absolute Gasteiger partial charge is 0.178 e. The lowest BCUT2D eigenvalue weighted by Gasteiger charge is -2.08. The molecule has 0 atom stereocenters.